The highest BCUT2D eigenvalue weighted by Gasteiger charge is 2.32. The Morgan fingerprint density at radius 1 is 1.33 bits per heavy atom. The normalized spacial score (nSPS) is 18.3. The largest absolute Gasteiger partial charge is 0.394 e. The van der Waals surface area contributed by atoms with Crippen LogP contribution in [-0.2, 0) is 7.05 Å². The lowest BCUT2D eigenvalue weighted by Crippen LogP contribution is -2.31. The predicted molar refractivity (Wildman–Crippen MR) is 85.4 cm³/mol. The fraction of sp³-hybridized carbons (Fsp3) is 0.467. The molecule has 0 aliphatic heterocycles. The van der Waals surface area contributed by atoms with E-state index >= 15 is 0 Å². The van der Waals surface area contributed by atoms with Gasteiger partial charge in [0.15, 0.2) is 0 Å². The van der Waals surface area contributed by atoms with Gasteiger partial charge in [-0.1, -0.05) is 47.9 Å². The molecule has 3 rings (SSSR count). The molecule has 112 valence electrons. The Morgan fingerprint density at radius 2 is 2.00 bits per heavy atom. The van der Waals surface area contributed by atoms with Gasteiger partial charge in [0.25, 0.3) is 0 Å². The van der Waals surface area contributed by atoms with E-state index in [9.17, 15) is 5.11 Å². The summed E-state index contributed by atoms with van der Waals surface area (Å²) in [6.45, 7) is 0.112. The second-order valence-electron chi connectivity index (χ2n) is 5.52. The molecule has 1 N–H and O–H groups in total. The lowest BCUT2D eigenvalue weighted by molar-refractivity contribution is 0.197. The molecule has 0 bridgehead atoms. The number of aliphatic hydroxyl groups is 1. The summed E-state index contributed by atoms with van der Waals surface area (Å²) in [5.74, 6) is 0. The first-order chi connectivity index (χ1) is 10.1. The van der Waals surface area contributed by atoms with Gasteiger partial charge in [-0.2, -0.15) is 5.10 Å². The molecule has 0 spiro atoms. The smallest absolute Gasteiger partial charge is 0.203 e. The number of hydrogen-bond acceptors (Lipinski definition) is 4. The van der Waals surface area contributed by atoms with E-state index in [0.717, 1.165) is 46.1 Å². The second kappa shape index (κ2) is 5.91. The summed E-state index contributed by atoms with van der Waals surface area (Å²) >= 11 is 7.47. The fourth-order valence-electron chi connectivity index (χ4n) is 2.70. The van der Waals surface area contributed by atoms with Crippen molar-refractivity contribution in [3.63, 3.8) is 0 Å². The summed E-state index contributed by atoms with van der Waals surface area (Å²) in [6.07, 6.45) is 4.18. The van der Waals surface area contributed by atoms with E-state index in [1.165, 1.54) is 0 Å². The molecule has 6 heteroatoms. The van der Waals surface area contributed by atoms with Crippen molar-refractivity contribution in [1.82, 2.24) is 9.78 Å². The van der Waals surface area contributed by atoms with E-state index in [4.69, 9.17) is 16.6 Å². The van der Waals surface area contributed by atoms with E-state index in [1.807, 2.05) is 31.3 Å². The highest BCUT2D eigenvalue weighted by Crippen LogP contribution is 2.32. The Morgan fingerprint density at radius 3 is 2.62 bits per heavy atom. The molecule has 2 aromatic rings. The molecule has 21 heavy (non-hydrogen) atoms. The molecule has 0 saturated heterocycles. The Labute approximate surface area is 132 Å². The lowest BCUT2D eigenvalue weighted by Gasteiger charge is -2.19. The molecule has 0 radical (unpaired) electrons. The number of aromatic nitrogens is 2. The second-order valence-corrected chi connectivity index (χ2v) is 6.91. The van der Waals surface area contributed by atoms with Crippen molar-refractivity contribution >= 4 is 22.9 Å². The van der Waals surface area contributed by atoms with Crippen LogP contribution in [0.25, 0.3) is 10.6 Å². The number of hydrogen-bond donors (Lipinski definition) is 1. The maximum atomic E-state index is 9.69. The molecule has 1 aromatic carbocycles. The van der Waals surface area contributed by atoms with Gasteiger partial charge in [0, 0.05) is 17.6 Å². The van der Waals surface area contributed by atoms with Crippen molar-refractivity contribution in [3.05, 3.63) is 34.1 Å². The third-order valence-electron chi connectivity index (χ3n) is 3.96. The summed E-state index contributed by atoms with van der Waals surface area (Å²) < 4.78 is 1.80. The van der Waals surface area contributed by atoms with Crippen LogP contribution in [0.4, 0.5) is 0 Å². The average Bonchev–Trinajstić information content (AvgIpc) is 3.09. The van der Waals surface area contributed by atoms with Gasteiger partial charge in [0.2, 0.25) is 4.80 Å². The molecular formula is C15H18ClN3OS. The summed E-state index contributed by atoms with van der Waals surface area (Å²) in [5.41, 5.74) is 0.729. The van der Waals surface area contributed by atoms with Gasteiger partial charge < -0.3 is 5.11 Å². The van der Waals surface area contributed by atoms with Crippen LogP contribution in [0.2, 0.25) is 5.02 Å². The van der Waals surface area contributed by atoms with Gasteiger partial charge in [0.1, 0.15) is 5.01 Å². The van der Waals surface area contributed by atoms with Crippen molar-refractivity contribution in [2.75, 3.05) is 6.61 Å². The zero-order valence-electron chi connectivity index (χ0n) is 11.9. The number of aryl methyl sites for hydroxylation is 1. The monoisotopic (exact) mass is 323 g/mol. The van der Waals surface area contributed by atoms with E-state index < -0.39 is 0 Å². The van der Waals surface area contributed by atoms with Crippen molar-refractivity contribution in [1.29, 1.82) is 0 Å². The van der Waals surface area contributed by atoms with Crippen LogP contribution in [0.15, 0.2) is 29.3 Å². The van der Waals surface area contributed by atoms with Gasteiger partial charge in [-0.25, -0.2) is 9.67 Å². The Bertz CT molecular complexity index is 684. The number of halogens is 1. The molecule has 0 atom stereocenters. The number of nitrogens with zero attached hydrogens (tertiary/aromatic N) is 3. The van der Waals surface area contributed by atoms with Gasteiger partial charge in [-0.15, -0.1) is 0 Å². The first-order valence-corrected chi connectivity index (χ1v) is 8.28. The molecular weight excluding hydrogens is 306 g/mol. The number of rotatable bonds is 3. The highest BCUT2D eigenvalue weighted by molar-refractivity contribution is 7.12. The van der Waals surface area contributed by atoms with Crippen LogP contribution in [0.5, 0.6) is 0 Å². The maximum absolute atomic E-state index is 9.69. The summed E-state index contributed by atoms with van der Waals surface area (Å²) in [6, 6.07) is 7.65. The topological polar surface area (TPSA) is 50.4 Å². The van der Waals surface area contributed by atoms with Crippen LogP contribution < -0.4 is 4.80 Å². The summed E-state index contributed by atoms with van der Waals surface area (Å²) in [7, 11) is 1.90. The molecule has 0 unspecified atom stereocenters. The minimum absolute atomic E-state index is 0.112. The number of aliphatic hydroxyl groups excluding tert-OH is 1. The highest BCUT2D eigenvalue weighted by atomic mass is 35.5. The van der Waals surface area contributed by atoms with Crippen LogP contribution in [0, 0.1) is 0 Å². The Balaban J connectivity index is 1.99. The van der Waals surface area contributed by atoms with Crippen molar-refractivity contribution in [2.24, 2.45) is 12.0 Å². The van der Waals surface area contributed by atoms with Gasteiger partial charge in [0.05, 0.1) is 12.1 Å². The molecule has 4 nitrogen and oxygen atoms in total. The maximum Gasteiger partial charge on any atom is 0.203 e. The lowest BCUT2D eigenvalue weighted by atomic mass is 10.0. The Kier molecular flexibility index (Phi) is 4.15. The molecule has 0 amide bonds. The summed E-state index contributed by atoms with van der Waals surface area (Å²) in [5, 5.41) is 15.9. The molecule has 1 aliphatic rings. The van der Waals surface area contributed by atoms with E-state index in [1.54, 1.807) is 16.0 Å². The quantitative estimate of drug-likeness (QED) is 0.944. The molecule has 1 aromatic heterocycles. The van der Waals surface area contributed by atoms with E-state index in [0.29, 0.717) is 0 Å². The van der Waals surface area contributed by atoms with E-state index in [-0.39, 0.29) is 12.1 Å². The molecule has 1 heterocycles. The first-order valence-electron chi connectivity index (χ1n) is 7.09. The molecule has 1 aliphatic carbocycles. The fourth-order valence-corrected chi connectivity index (χ4v) is 3.83. The number of benzene rings is 1. The SMILES string of the molecule is Cn1nc(-c2ccc(Cl)cc2)s/c1=N/C1(CO)CCCC1. The zero-order chi connectivity index (χ0) is 14.9. The first kappa shape index (κ1) is 14.8. The minimum Gasteiger partial charge on any atom is -0.394 e. The third kappa shape index (κ3) is 3.05. The standard InChI is InChI=1S/C15H18ClN3OS/c1-19-14(17-15(10-20)8-2-3-9-15)21-13(18-19)11-4-6-12(16)7-5-11/h4-7,20H,2-3,8-10H2,1H3/b17-14+. The van der Waals surface area contributed by atoms with Crippen molar-refractivity contribution in [3.8, 4) is 10.6 Å². The zero-order valence-corrected chi connectivity index (χ0v) is 13.5. The average molecular weight is 324 g/mol. The molecule has 1 fully saturated rings. The van der Waals surface area contributed by atoms with E-state index in [2.05, 4.69) is 5.10 Å². The molecule has 1 saturated carbocycles. The van der Waals surface area contributed by atoms with Crippen LogP contribution in [0.1, 0.15) is 25.7 Å². The van der Waals surface area contributed by atoms with Crippen LogP contribution >= 0.6 is 22.9 Å². The van der Waals surface area contributed by atoms with Crippen LogP contribution in [-0.4, -0.2) is 27.0 Å². The Hall–Kier alpha value is -1.17. The van der Waals surface area contributed by atoms with Gasteiger partial charge in [-0.05, 0) is 25.0 Å². The van der Waals surface area contributed by atoms with Gasteiger partial charge >= 0.3 is 0 Å². The van der Waals surface area contributed by atoms with Gasteiger partial charge in [-0.3, -0.25) is 0 Å². The third-order valence-corrected chi connectivity index (χ3v) is 5.26. The van der Waals surface area contributed by atoms with Crippen LogP contribution in [0.3, 0.4) is 0 Å². The summed E-state index contributed by atoms with van der Waals surface area (Å²) in [4.78, 5) is 5.67. The van der Waals surface area contributed by atoms with Crippen molar-refractivity contribution in [2.45, 2.75) is 31.2 Å². The minimum atomic E-state index is -0.304. The van der Waals surface area contributed by atoms with Crippen molar-refractivity contribution < 1.29 is 5.11 Å². The predicted octanol–water partition coefficient (Wildman–Crippen LogP) is 3.01.